The molecule has 0 bridgehead atoms. The summed E-state index contributed by atoms with van der Waals surface area (Å²) >= 11 is 0. The van der Waals surface area contributed by atoms with Gasteiger partial charge in [0.25, 0.3) is 11.7 Å². The molecule has 0 aliphatic carbocycles. The van der Waals surface area contributed by atoms with E-state index in [2.05, 4.69) is 0 Å². The van der Waals surface area contributed by atoms with Crippen LogP contribution in [0.15, 0.2) is 54.1 Å². The molecule has 2 aromatic carbocycles. The molecule has 1 aliphatic heterocycles. The van der Waals surface area contributed by atoms with E-state index in [1.165, 1.54) is 4.90 Å². The van der Waals surface area contributed by atoms with Gasteiger partial charge in [0.2, 0.25) is 0 Å². The van der Waals surface area contributed by atoms with Gasteiger partial charge in [-0.2, -0.15) is 0 Å². The van der Waals surface area contributed by atoms with Crippen molar-refractivity contribution >= 4 is 17.4 Å². The molecular weight excluding hydrogens is 432 g/mol. The van der Waals surface area contributed by atoms with Crippen molar-refractivity contribution in [3.8, 4) is 11.5 Å². The van der Waals surface area contributed by atoms with E-state index in [1.54, 1.807) is 24.3 Å². The lowest BCUT2D eigenvalue weighted by molar-refractivity contribution is -0.140. The molecule has 1 N–H and O–H groups in total. The molecule has 1 atom stereocenters. The Bertz CT molecular complexity index is 1030. The van der Waals surface area contributed by atoms with Crippen LogP contribution in [-0.4, -0.2) is 66.5 Å². The minimum Gasteiger partial charge on any atom is -0.507 e. The Hall–Kier alpha value is -3.32. The monoisotopic (exact) mass is 466 g/mol. The standard InChI is InChI=1S/C27H34N2O5/c1-6-17-33-21-11-7-19(8-12-21)24-23(26(31)27(32)29(24)16-15-28(4)5)25(30)20-9-13-22(14-10-20)34-18(2)3/h7-14,18,24,30H,6,15-17H2,1-5H3/b25-23+. The van der Waals surface area contributed by atoms with E-state index in [4.69, 9.17) is 9.47 Å². The molecule has 0 spiro atoms. The van der Waals surface area contributed by atoms with Crippen molar-refractivity contribution in [1.29, 1.82) is 0 Å². The van der Waals surface area contributed by atoms with Gasteiger partial charge in [0.1, 0.15) is 17.3 Å². The molecule has 3 rings (SSSR count). The number of nitrogens with zero attached hydrogens (tertiary/aromatic N) is 2. The molecule has 1 aliphatic rings. The summed E-state index contributed by atoms with van der Waals surface area (Å²) in [6, 6.07) is 13.5. The van der Waals surface area contributed by atoms with E-state index in [1.807, 2.05) is 64.0 Å². The molecule has 1 fully saturated rings. The summed E-state index contributed by atoms with van der Waals surface area (Å²) in [6.45, 7) is 7.45. The number of ketones is 1. The predicted molar refractivity (Wildman–Crippen MR) is 132 cm³/mol. The van der Waals surface area contributed by atoms with Crippen LogP contribution in [0.3, 0.4) is 0 Å². The number of hydrogen-bond donors (Lipinski definition) is 1. The molecule has 0 radical (unpaired) electrons. The van der Waals surface area contributed by atoms with Gasteiger partial charge in [-0.25, -0.2) is 0 Å². The Labute approximate surface area is 201 Å². The zero-order valence-corrected chi connectivity index (χ0v) is 20.6. The molecule has 1 saturated heterocycles. The van der Waals surface area contributed by atoms with Crippen LogP contribution in [0.5, 0.6) is 11.5 Å². The van der Waals surface area contributed by atoms with Crippen molar-refractivity contribution in [3.05, 3.63) is 65.2 Å². The fraction of sp³-hybridized carbons (Fsp3) is 0.407. The Morgan fingerprint density at radius 3 is 2.21 bits per heavy atom. The number of carbonyl (C=O) groups excluding carboxylic acids is 2. The second-order valence-corrected chi connectivity index (χ2v) is 8.90. The highest BCUT2D eigenvalue weighted by atomic mass is 16.5. The van der Waals surface area contributed by atoms with Crippen molar-refractivity contribution in [1.82, 2.24) is 9.80 Å². The number of Topliss-reactive ketones (excluding diaryl/α,β-unsaturated/α-hetero) is 1. The number of benzene rings is 2. The Balaban J connectivity index is 2.03. The van der Waals surface area contributed by atoms with E-state index in [9.17, 15) is 14.7 Å². The van der Waals surface area contributed by atoms with Crippen LogP contribution in [0.25, 0.3) is 5.76 Å². The summed E-state index contributed by atoms with van der Waals surface area (Å²) in [4.78, 5) is 29.6. The fourth-order valence-corrected chi connectivity index (χ4v) is 3.85. The lowest BCUT2D eigenvalue weighted by Crippen LogP contribution is -2.35. The number of aliphatic hydroxyl groups excluding tert-OH is 1. The molecular formula is C27H34N2O5. The van der Waals surface area contributed by atoms with Crippen LogP contribution >= 0.6 is 0 Å². The summed E-state index contributed by atoms with van der Waals surface area (Å²) < 4.78 is 11.3. The topological polar surface area (TPSA) is 79.3 Å². The maximum atomic E-state index is 13.1. The van der Waals surface area contributed by atoms with E-state index in [0.29, 0.717) is 31.0 Å². The smallest absolute Gasteiger partial charge is 0.295 e. The highest BCUT2D eigenvalue weighted by molar-refractivity contribution is 6.46. The number of likely N-dealkylation sites (tertiary alicyclic amines) is 1. The molecule has 2 aromatic rings. The van der Waals surface area contributed by atoms with E-state index < -0.39 is 17.7 Å². The minimum atomic E-state index is -0.688. The van der Waals surface area contributed by atoms with Gasteiger partial charge in [0.05, 0.1) is 24.3 Å². The fourth-order valence-electron chi connectivity index (χ4n) is 3.85. The largest absolute Gasteiger partial charge is 0.507 e. The number of amides is 1. The summed E-state index contributed by atoms with van der Waals surface area (Å²) in [7, 11) is 3.82. The van der Waals surface area contributed by atoms with Gasteiger partial charge in [0, 0.05) is 18.7 Å². The number of likely N-dealkylation sites (N-methyl/N-ethyl adjacent to an activating group) is 1. The second-order valence-electron chi connectivity index (χ2n) is 8.90. The minimum absolute atomic E-state index is 0.0192. The lowest BCUT2D eigenvalue weighted by Gasteiger charge is -2.26. The van der Waals surface area contributed by atoms with Crippen LogP contribution in [-0.2, 0) is 9.59 Å². The number of ether oxygens (including phenoxy) is 2. The average molecular weight is 467 g/mol. The Kier molecular flexibility index (Phi) is 8.34. The van der Waals surface area contributed by atoms with Gasteiger partial charge < -0.3 is 24.4 Å². The quantitative estimate of drug-likeness (QED) is 0.320. The third-order valence-corrected chi connectivity index (χ3v) is 5.50. The van der Waals surface area contributed by atoms with Crippen LogP contribution in [0, 0.1) is 0 Å². The van der Waals surface area contributed by atoms with Crippen molar-refractivity contribution in [2.45, 2.75) is 39.3 Å². The van der Waals surface area contributed by atoms with E-state index >= 15 is 0 Å². The summed E-state index contributed by atoms with van der Waals surface area (Å²) in [5.74, 6) is -0.110. The average Bonchev–Trinajstić information content (AvgIpc) is 3.06. The molecule has 34 heavy (non-hydrogen) atoms. The molecule has 1 amide bonds. The maximum absolute atomic E-state index is 13.1. The molecule has 1 heterocycles. The highest BCUT2D eigenvalue weighted by Gasteiger charge is 2.45. The molecule has 1 unspecified atom stereocenters. The first-order valence-electron chi connectivity index (χ1n) is 11.7. The SMILES string of the molecule is CCCOc1ccc(C2/C(=C(\O)c3ccc(OC(C)C)cc3)C(=O)C(=O)N2CCN(C)C)cc1. The number of rotatable bonds is 10. The molecule has 182 valence electrons. The number of aliphatic hydroxyl groups is 1. The molecule has 0 saturated carbocycles. The van der Waals surface area contributed by atoms with Crippen LogP contribution in [0.2, 0.25) is 0 Å². The molecule has 7 heteroatoms. The summed E-state index contributed by atoms with van der Waals surface area (Å²) in [5, 5.41) is 11.2. The van der Waals surface area contributed by atoms with Gasteiger partial charge >= 0.3 is 0 Å². The van der Waals surface area contributed by atoms with Gasteiger partial charge in [0.15, 0.2) is 0 Å². The Morgan fingerprint density at radius 2 is 1.65 bits per heavy atom. The summed E-state index contributed by atoms with van der Waals surface area (Å²) in [6.07, 6.45) is 0.915. The van der Waals surface area contributed by atoms with Gasteiger partial charge in [-0.05, 0) is 76.3 Å². The van der Waals surface area contributed by atoms with Crippen molar-refractivity contribution < 1.29 is 24.2 Å². The first-order chi connectivity index (χ1) is 16.2. The normalized spacial score (nSPS) is 17.6. The first-order valence-corrected chi connectivity index (χ1v) is 11.7. The predicted octanol–water partition coefficient (Wildman–Crippen LogP) is 4.25. The zero-order chi connectivity index (χ0) is 24.8. The van der Waals surface area contributed by atoms with Crippen LogP contribution < -0.4 is 9.47 Å². The molecule has 0 aromatic heterocycles. The number of hydrogen-bond acceptors (Lipinski definition) is 6. The molecule has 7 nitrogen and oxygen atoms in total. The third kappa shape index (κ3) is 5.78. The van der Waals surface area contributed by atoms with Crippen molar-refractivity contribution in [2.75, 3.05) is 33.8 Å². The maximum Gasteiger partial charge on any atom is 0.295 e. The van der Waals surface area contributed by atoms with Gasteiger partial charge in [-0.15, -0.1) is 0 Å². The number of carbonyl (C=O) groups is 2. The first kappa shape index (κ1) is 25.3. The second kappa shape index (κ2) is 11.2. The van der Waals surface area contributed by atoms with Crippen molar-refractivity contribution in [2.24, 2.45) is 0 Å². The third-order valence-electron chi connectivity index (χ3n) is 5.50. The van der Waals surface area contributed by atoms with Gasteiger partial charge in [-0.3, -0.25) is 9.59 Å². The Morgan fingerprint density at radius 1 is 1.03 bits per heavy atom. The van der Waals surface area contributed by atoms with E-state index in [0.717, 1.165) is 17.7 Å². The van der Waals surface area contributed by atoms with Crippen LogP contribution in [0.4, 0.5) is 0 Å². The van der Waals surface area contributed by atoms with Gasteiger partial charge in [-0.1, -0.05) is 19.1 Å². The lowest BCUT2D eigenvalue weighted by atomic mass is 9.95. The van der Waals surface area contributed by atoms with E-state index in [-0.39, 0.29) is 17.4 Å². The van der Waals surface area contributed by atoms with Crippen molar-refractivity contribution in [3.63, 3.8) is 0 Å². The zero-order valence-electron chi connectivity index (χ0n) is 20.6. The summed E-state index contributed by atoms with van der Waals surface area (Å²) in [5.41, 5.74) is 1.28. The highest BCUT2D eigenvalue weighted by Crippen LogP contribution is 2.39. The van der Waals surface area contributed by atoms with Crippen LogP contribution in [0.1, 0.15) is 44.4 Å².